The summed E-state index contributed by atoms with van der Waals surface area (Å²) in [7, 11) is 0. The van der Waals surface area contributed by atoms with E-state index < -0.39 is 18.0 Å². The van der Waals surface area contributed by atoms with Gasteiger partial charge in [0.15, 0.2) is 0 Å². The minimum Gasteiger partial charge on any atom is -0.492 e. The maximum Gasteiger partial charge on any atom is 0.407 e. The molecule has 0 saturated carbocycles. The molecule has 2 amide bonds. The molecule has 1 atom stereocenters. The van der Waals surface area contributed by atoms with Crippen LogP contribution in [0.15, 0.2) is 61.2 Å². The first-order valence-electron chi connectivity index (χ1n) is 12.7. The molecule has 3 heterocycles. The molecule has 0 radical (unpaired) electrons. The summed E-state index contributed by atoms with van der Waals surface area (Å²) in [4.78, 5) is 38.6. The van der Waals surface area contributed by atoms with Crippen molar-refractivity contribution in [3.05, 3.63) is 71.8 Å². The van der Waals surface area contributed by atoms with Gasteiger partial charge in [-0.2, -0.15) is 0 Å². The Kier molecular flexibility index (Phi) is 8.11. The molecule has 1 saturated heterocycles. The number of amides is 2. The van der Waals surface area contributed by atoms with Crippen LogP contribution in [0.1, 0.15) is 25.3 Å². The van der Waals surface area contributed by atoms with E-state index in [2.05, 4.69) is 25.6 Å². The number of anilines is 3. The largest absolute Gasteiger partial charge is 0.492 e. The molecule has 4 aromatic rings. The molecule has 1 fully saturated rings. The monoisotopic (exact) mass is 562 g/mol. The van der Waals surface area contributed by atoms with Crippen LogP contribution in [0.3, 0.4) is 0 Å². The number of nitrogens with one attached hydrogen (secondary N) is 2. The first-order chi connectivity index (χ1) is 19.4. The van der Waals surface area contributed by atoms with E-state index in [0.29, 0.717) is 77.2 Å². The van der Waals surface area contributed by atoms with Crippen LogP contribution in [0.2, 0.25) is 5.02 Å². The summed E-state index contributed by atoms with van der Waals surface area (Å²) in [5.41, 5.74) is 2.58. The Morgan fingerprint density at radius 1 is 1.15 bits per heavy atom. The van der Waals surface area contributed by atoms with Crippen molar-refractivity contribution in [1.29, 1.82) is 0 Å². The van der Waals surface area contributed by atoms with Crippen molar-refractivity contribution in [3.63, 3.8) is 0 Å². The number of benzene rings is 2. The van der Waals surface area contributed by atoms with Crippen molar-refractivity contribution < 1.29 is 24.2 Å². The lowest BCUT2D eigenvalue weighted by Gasteiger charge is -2.21. The standard InChI is InChI=1S/C28H27ClN6O5/c1-2-39-25-13-21-19(12-22(25)34-27(36)23-6-4-10-35(23)28(37)38)26(32-16-31-21)33-18-7-8-24(20(29)11-18)40-15-17-5-3-9-30-14-17/h3,5,7-9,11-14,16,23H,2,4,6,10,15H2,1H3,(H,34,36)(H,37,38)(H,31,32,33)/t23-/m0/s1. The van der Waals surface area contributed by atoms with Crippen molar-refractivity contribution in [2.45, 2.75) is 32.4 Å². The van der Waals surface area contributed by atoms with Gasteiger partial charge in [-0.15, -0.1) is 0 Å². The van der Waals surface area contributed by atoms with Crippen molar-refractivity contribution >= 4 is 51.7 Å². The number of hydrogen-bond donors (Lipinski definition) is 3. The maximum atomic E-state index is 13.1. The van der Waals surface area contributed by atoms with Gasteiger partial charge in [0, 0.05) is 41.6 Å². The molecular formula is C28H27ClN6O5. The summed E-state index contributed by atoms with van der Waals surface area (Å²) in [5, 5.41) is 16.6. The molecule has 1 aliphatic rings. The second kappa shape index (κ2) is 12.0. The van der Waals surface area contributed by atoms with Gasteiger partial charge in [-0.05, 0) is 50.1 Å². The van der Waals surface area contributed by atoms with E-state index in [0.717, 1.165) is 10.5 Å². The molecule has 11 nitrogen and oxygen atoms in total. The van der Waals surface area contributed by atoms with E-state index in [9.17, 15) is 14.7 Å². The summed E-state index contributed by atoms with van der Waals surface area (Å²) in [6, 6.07) is 11.7. The van der Waals surface area contributed by atoms with E-state index in [1.165, 1.54) is 6.33 Å². The number of likely N-dealkylation sites (tertiary alicyclic amines) is 1. The third kappa shape index (κ3) is 5.99. The molecular weight excluding hydrogens is 536 g/mol. The van der Waals surface area contributed by atoms with Gasteiger partial charge in [0.05, 0.1) is 22.8 Å². The molecule has 0 spiro atoms. The lowest BCUT2D eigenvalue weighted by molar-refractivity contribution is -0.119. The van der Waals surface area contributed by atoms with E-state index in [-0.39, 0.29) is 0 Å². The van der Waals surface area contributed by atoms with Gasteiger partial charge in [0.2, 0.25) is 5.91 Å². The average Bonchev–Trinajstić information content (AvgIpc) is 3.45. The highest BCUT2D eigenvalue weighted by molar-refractivity contribution is 6.32. The Balaban J connectivity index is 1.39. The Bertz CT molecular complexity index is 1540. The highest BCUT2D eigenvalue weighted by Gasteiger charge is 2.34. The van der Waals surface area contributed by atoms with Gasteiger partial charge < -0.3 is 25.2 Å². The number of hydrogen-bond acceptors (Lipinski definition) is 8. The Morgan fingerprint density at radius 3 is 2.77 bits per heavy atom. The predicted molar refractivity (Wildman–Crippen MR) is 150 cm³/mol. The Hall–Kier alpha value is -4.64. The minimum absolute atomic E-state index is 0.321. The maximum absolute atomic E-state index is 13.1. The van der Waals surface area contributed by atoms with Crippen LogP contribution in [0.4, 0.5) is 22.0 Å². The molecule has 3 N–H and O–H groups in total. The van der Waals surface area contributed by atoms with Crippen LogP contribution in [-0.4, -0.2) is 56.2 Å². The number of carboxylic acid groups (broad SMARTS) is 1. The van der Waals surface area contributed by atoms with E-state index >= 15 is 0 Å². The third-order valence-corrected chi connectivity index (χ3v) is 6.70. The zero-order valence-electron chi connectivity index (χ0n) is 21.6. The highest BCUT2D eigenvalue weighted by atomic mass is 35.5. The fourth-order valence-electron chi connectivity index (χ4n) is 4.52. The molecule has 40 heavy (non-hydrogen) atoms. The predicted octanol–water partition coefficient (Wildman–Crippen LogP) is 5.48. The van der Waals surface area contributed by atoms with Crippen molar-refractivity contribution in [2.75, 3.05) is 23.8 Å². The fraction of sp³-hybridized carbons (Fsp3) is 0.250. The van der Waals surface area contributed by atoms with Crippen LogP contribution in [0, 0.1) is 0 Å². The summed E-state index contributed by atoms with van der Waals surface area (Å²) >= 11 is 6.49. The molecule has 12 heteroatoms. The Morgan fingerprint density at radius 2 is 2.02 bits per heavy atom. The second-order valence-corrected chi connectivity index (χ2v) is 9.47. The lowest BCUT2D eigenvalue weighted by atomic mass is 10.1. The van der Waals surface area contributed by atoms with Crippen molar-refractivity contribution in [3.8, 4) is 11.5 Å². The van der Waals surface area contributed by atoms with Crippen molar-refractivity contribution in [2.24, 2.45) is 0 Å². The molecule has 5 rings (SSSR count). The highest BCUT2D eigenvalue weighted by Crippen LogP contribution is 2.35. The number of carbonyl (C=O) groups excluding carboxylic acids is 1. The Labute approximate surface area is 235 Å². The minimum atomic E-state index is -1.12. The van der Waals surface area contributed by atoms with E-state index in [1.807, 2.05) is 25.1 Å². The number of ether oxygens (including phenoxy) is 2. The van der Waals surface area contributed by atoms with Crippen LogP contribution in [-0.2, 0) is 11.4 Å². The van der Waals surface area contributed by atoms with E-state index in [4.69, 9.17) is 21.1 Å². The van der Waals surface area contributed by atoms with Crippen LogP contribution < -0.4 is 20.1 Å². The number of nitrogens with zero attached hydrogens (tertiary/aromatic N) is 4. The normalized spacial score (nSPS) is 14.7. The quantitative estimate of drug-likeness (QED) is 0.242. The molecule has 2 aromatic carbocycles. The number of carbonyl (C=O) groups is 2. The fourth-order valence-corrected chi connectivity index (χ4v) is 4.75. The topological polar surface area (TPSA) is 139 Å². The van der Waals surface area contributed by atoms with Gasteiger partial charge in [-0.3, -0.25) is 14.7 Å². The lowest BCUT2D eigenvalue weighted by Crippen LogP contribution is -2.42. The van der Waals surface area contributed by atoms with Gasteiger partial charge >= 0.3 is 6.09 Å². The zero-order chi connectivity index (χ0) is 28.1. The SMILES string of the molecule is CCOc1cc2ncnc(Nc3ccc(OCc4cccnc4)c(Cl)c3)c2cc1NC(=O)[C@@H]1CCCN1C(=O)O. The molecule has 0 bridgehead atoms. The summed E-state index contributed by atoms with van der Waals surface area (Å²) in [6.07, 6.45) is 4.81. The molecule has 0 aliphatic carbocycles. The van der Waals surface area contributed by atoms with Gasteiger partial charge in [0.1, 0.15) is 36.3 Å². The zero-order valence-corrected chi connectivity index (χ0v) is 22.4. The average molecular weight is 563 g/mol. The summed E-state index contributed by atoms with van der Waals surface area (Å²) in [6.45, 7) is 2.85. The summed E-state index contributed by atoms with van der Waals surface area (Å²) in [5.74, 6) is 1.01. The molecule has 1 aliphatic heterocycles. The van der Waals surface area contributed by atoms with E-state index in [1.54, 1.807) is 36.7 Å². The number of aromatic nitrogens is 3. The smallest absolute Gasteiger partial charge is 0.407 e. The first kappa shape index (κ1) is 26.9. The van der Waals surface area contributed by atoms with Crippen LogP contribution >= 0.6 is 11.6 Å². The molecule has 206 valence electrons. The number of pyridine rings is 1. The second-order valence-electron chi connectivity index (χ2n) is 9.06. The molecule has 0 unspecified atom stereocenters. The summed E-state index contributed by atoms with van der Waals surface area (Å²) < 4.78 is 11.6. The number of fused-ring (bicyclic) bond motifs is 1. The number of halogens is 1. The van der Waals surface area contributed by atoms with Gasteiger partial charge in [-0.25, -0.2) is 14.8 Å². The first-order valence-corrected chi connectivity index (χ1v) is 13.1. The molecule has 2 aromatic heterocycles. The van der Waals surface area contributed by atoms with Crippen molar-refractivity contribution in [1.82, 2.24) is 19.9 Å². The van der Waals surface area contributed by atoms with Gasteiger partial charge in [0.25, 0.3) is 0 Å². The third-order valence-electron chi connectivity index (χ3n) is 6.41. The van der Waals surface area contributed by atoms with Crippen LogP contribution in [0.5, 0.6) is 11.5 Å². The van der Waals surface area contributed by atoms with Crippen LogP contribution in [0.25, 0.3) is 10.9 Å². The number of rotatable bonds is 9. The van der Waals surface area contributed by atoms with Gasteiger partial charge in [-0.1, -0.05) is 17.7 Å².